The molecule has 9 heteroatoms. The normalized spacial score (nSPS) is 11.0. The Morgan fingerprint density at radius 1 is 1.07 bits per heavy atom. The van der Waals surface area contributed by atoms with E-state index in [1.165, 1.54) is 59.9 Å². The number of hydrogen-bond donors (Lipinski definition) is 2. The van der Waals surface area contributed by atoms with Gasteiger partial charge in [-0.3, -0.25) is 19.7 Å². The predicted molar refractivity (Wildman–Crippen MR) is 108 cm³/mol. The minimum atomic E-state index is -0.659. The largest absolute Gasteiger partial charge is 0.321 e. The summed E-state index contributed by atoms with van der Waals surface area (Å²) < 4.78 is 13.1. The molecule has 1 aromatic heterocycles. The number of nitro benzene ring substituents is 1. The van der Waals surface area contributed by atoms with Crippen LogP contribution in [-0.4, -0.2) is 16.7 Å². The van der Waals surface area contributed by atoms with Gasteiger partial charge < -0.3 is 10.6 Å². The molecule has 1 heterocycles. The Morgan fingerprint density at radius 3 is 2.48 bits per heavy atom. The highest BCUT2D eigenvalue weighted by Crippen LogP contribution is 2.17. The van der Waals surface area contributed by atoms with Crippen LogP contribution < -0.4 is 10.6 Å². The highest BCUT2D eigenvalue weighted by molar-refractivity contribution is 7.12. The van der Waals surface area contributed by atoms with E-state index in [0.29, 0.717) is 16.1 Å². The molecule has 0 aliphatic carbocycles. The molecule has 0 aliphatic heterocycles. The molecule has 0 spiro atoms. The number of rotatable bonds is 6. The zero-order chi connectivity index (χ0) is 20.8. The zero-order valence-corrected chi connectivity index (χ0v) is 15.6. The fourth-order valence-electron chi connectivity index (χ4n) is 2.38. The van der Waals surface area contributed by atoms with Crippen molar-refractivity contribution in [3.63, 3.8) is 0 Å². The van der Waals surface area contributed by atoms with Crippen LogP contribution in [-0.2, 0) is 4.79 Å². The quantitative estimate of drug-likeness (QED) is 0.360. The molecular formula is C20H14FN3O4S. The molecule has 29 heavy (non-hydrogen) atoms. The van der Waals surface area contributed by atoms with Crippen molar-refractivity contribution in [3.05, 3.63) is 98.1 Å². The van der Waals surface area contributed by atoms with Crippen molar-refractivity contribution in [2.24, 2.45) is 0 Å². The number of nitrogens with one attached hydrogen (secondary N) is 2. The summed E-state index contributed by atoms with van der Waals surface area (Å²) in [4.78, 5) is 35.9. The number of carbonyl (C=O) groups is 2. The fourth-order valence-corrected chi connectivity index (χ4v) is 3.00. The highest BCUT2D eigenvalue weighted by Gasteiger charge is 2.16. The van der Waals surface area contributed by atoms with Gasteiger partial charge >= 0.3 is 0 Å². The fraction of sp³-hybridized carbons (Fsp3) is 0. The average molecular weight is 411 g/mol. The molecule has 3 aromatic rings. The van der Waals surface area contributed by atoms with E-state index in [0.717, 1.165) is 0 Å². The Morgan fingerprint density at radius 2 is 1.83 bits per heavy atom. The summed E-state index contributed by atoms with van der Waals surface area (Å²) in [5.41, 5.74) is 0.413. The van der Waals surface area contributed by atoms with Crippen molar-refractivity contribution in [1.29, 1.82) is 0 Å². The van der Waals surface area contributed by atoms with Gasteiger partial charge in [-0.2, -0.15) is 0 Å². The number of halogens is 1. The molecular weight excluding hydrogens is 397 g/mol. The lowest BCUT2D eigenvalue weighted by Gasteiger charge is -2.11. The summed E-state index contributed by atoms with van der Waals surface area (Å²) >= 11 is 1.20. The maximum Gasteiger partial charge on any atom is 0.272 e. The molecule has 146 valence electrons. The number of non-ortho nitro benzene ring substituents is 1. The van der Waals surface area contributed by atoms with Crippen LogP contribution in [0.2, 0.25) is 0 Å². The minimum absolute atomic E-state index is 0.117. The molecule has 7 nitrogen and oxygen atoms in total. The number of carbonyl (C=O) groups excluding carboxylic acids is 2. The second kappa shape index (κ2) is 8.89. The maximum atomic E-state index is 13.1. The first-order valence-corrected chi connectivity index (χ1v) is 9.18. The van der Waals surface area contributed by atoms with E-state index in [1.54, 1.807) is 23.6 Å². The first kappa shape index (κ1) is 19.9. The summed E-state index contributed by atoms with van der Waals surface area (Å²) in [7, 11) is 0. The Bertz CT molecular complexity index is 1080. The monoisotopic (exact) mass is 411 g/mol. The molecule has 3 rings (SSSR count). The number of benzene rings is 2. The van der Waals surface area contributed by atoms with Crippen LogP contribution in [0.15, 0.2) is 71.7 Å². The topological polar surface area (TPSA) is 101 Å². The first-order chi connectivity index (χ1) is 13.9. The molecule has 0 fully saturated rings. The van der Waals surface area contributed by atoms with Gasteiger partial charge in [0, 0.05) is 17.8 Å². The van der Waals surface area contributed by atoms with Gasteiger partial charge in [0.15, 0.2) is 0 Å². The van der Waals surface area contributed by atoms with E-state index in [2.05, 4.69) is 10.6 Å². The minimum Gasteiger partial charge on any atom is -0.321 e. The van der Waals surface area contributed by atoms with Crippen LogP contribution >= 0.6 is 11.3 Å². The molecule has 0 saturated carbocycles. The van der Waals surface area contributed by atoms with Crippen LogP contribution in [0.25, 0.3) is 6.08 Å². The Kier molecular flexibility index (Phi) is 6.10. The number of nitrogens with zero attached hydrogens (tertiary/aromatic N) is 1. The lowest BCUT2D eigenvalue weighted by Crippen LogP contribution is -2.30. The smallest absolute Gasteiger partial charge is 0.272 e. The van der Waals surface area contributed by atoms with Crippen molar-refractivity contribution in [2.75, 3.05) is 5.32 Å². The van der Waals surface area contributed by atoms with Crippen molar-refractivity contribution < 1.29 is 18.9 Å². The van der Waals surface area contributed by atoms with Gasteiger partial charge in [-0.25, -0.2) is 4.39 Å². The molecule has 0 atom stereocenters. The van der Waals surface area contributed by atoms with Crippen LogP contribution in [0.1, 0.15) is 15.2 Å². The van der Waals surface area contributed by atoms with Gasteiger partial charge in [-0.05, 0) is 47.4 Å². The van der Waals surface area contributed by atoms with Crippen LogP contribution in [0.5, 0.6) is 0 Å². The van der Waals surface area contributed by atoms with Crippen LogP contribution in [0, 0.1) is 15.9 Å². The first-order valence-electron chi connectivity index (χ1n) is 8.30. The summed E-state index contributed by atoms with van der Waals surface area (Å²) in [6.07, 6.45) is 1.33. The third-order valence-corrected chi connectivity index (χ3v) is 4.60. The van der Waals surface area contributed by atoms with Gasteiger partial charge in [-0.15, -0.1) is 11.3 Å². The molecule has 0 radical (unpaired) electrons. The molecule has 0 saturated heterocycles. The average Bonchev–Trinajstić information content (AvgIpc) is 3.24. The summed E-state index contributed by atoms with van der Waals surface area (Å²) in [5.74, 6) is -1.61. The standard InChI is InChI=1S/C20H14FN3O4S/c21-14-6-8-15(9-7-14)22-19(25)17(23-20(26)18-5-2-10-29-18)12-13-3-1-4-16(11-13)24(27)28/h1-12H,(H,22,25)(H,23,26). The van der Waals surface area contributed by atoms with E-state index in [4.69, 9.17) is 0 Å². The summed E-state index contributed by atoms with van der Waals surface area (Å²) in [5, 5.41) is 17.8. The van der Waals surface area contributed by atoms with Gasteiger partial charge in [0.2, 0.25) is 0 Å². The Labute approximate surface area is 168 Å². The lowest BCUT2D eigenvalue weighted by molar-refractivity contribution is -0.384. The molecule has 2 amide bonds. The number of nitro groups is 1. The molecule has 0 aliphatic rings. The van der Waals surface area contributed by atoms with E-state index in [9.17, 15) is 24.1 Å². The van der Waals surface area contributed by atoms with Crippen molar-refractivity contribution in [1.82, 2.24) is 5.32 Å². The third kappa shape index (κ3) is 5.33. The van der Waals surface area contributed by atoms with Crippen molar-refractivity contribution >= 4 is 40.6 Å². The second-order valence-electron chi connectivity index (χ2n) is 5.80. The van der Waals surface area contributed by atoms with E-state index in [-0.39, 0.29) is 11.4 Å². The number of thiophene rings is 1. The van der Waals surface area contributed by atoms with Gasteiger partial charge in [0.05, 0.1) is 9.80 Å². The lowest BCUT2D eigenvalue weighted by atomic mass is 10.1. The number of hydrogen-bond acceptors (Lipinski definition) is 5. The van der Waals surface area contributed by atoms with Crippen molar-refractivity contribution in [3.8, 4) is 0 Å². The molecule has 0 unspecified atom stereocenters. The van der Waals surface area contributed by atoms with Gasteiger partial charge in [-0.1, -0.05) is 18.2 Å². The maximum absolute atomic E-state index is 13.1. The second-order valence-corrected chi connectivity index (χ2v) is 6.75. The third-order valence-electron chi connectivity index (χ3n) is 3.73. The molecule has 2 N–H and O–H groups in total. The summed E-state index contributed by atoms with van der Waals surface area (Å²) in [6, 6.07) is 14.1. The SMILES string of the molecule is O=C(Nc1ccc(F)cc1)C(=Cc1cccc([N+](=O)[O-])c1)NC(=O)c1cccs1. The number of anilines is 1. The highest BCUT2D eigenvalue weighted by atomic mass is 32.1. The van der Waals surface area contributed by atoms with Gasteiger partial charge in [0.25, 0.3) is 17.5 Å². The van der Waals surface area contributed by atoms with E-state index >= 15 is 0 Å². The molecule has 0 bridgehead atoms. The number of amides is 2. The Balaban J connectivity index is 1.91. The Hall–Kier alpha value is -3.85. The predicted octanol–water partition coefficient (Wildman–Crippen LogP) is 4.21. The summed E-state index contributed by atoms with van der Waals surface area (Å²) in [6.45, 7) is 0. The van der Waals surface area contributed by atoms with E-state index in [1.807, 2.05) is 0 Å². The van der Waals surface area contributed by atoms with Crippen molar-refractivity contribution in [2.45, 2.75) is 0 Å². The molecule has 2 aromatic carbocycles. The zero-order valence-electron chi connectivity index (χ0n) is 14.8. The van der Waals surface area contributed by atoms with E-state index < -0.39 is 22.6 Å². The van der Waals surface area contributed by atoms with Gasteiger partial charge in [0.1, 0.15) is 11.5 Å². The van der Waals surface area contributed by atoms with Crippen LogP contribution in [0.4, 0.5) is 15.8 Å². The van der Waals surface area contributed by atoms with Crippen LogP contribution in [0.3, 0.4) is 0 Å².